The van der Waals surface area contributed by atoms with Crippen LogP contribution in [0.15, 0.2) is 29.8 Å². The summed E-state index contributed by atoms with van der Waals surface area (Å²) in [6, 6.07) is 5.09. The molecule has 1 aliphatic carbocycles. The van der Waals surface area contributed by atoms with Crippen LogP contribution in [-0.4, -0.2) is 18.6 Å². The summed E-state index contributed by atoms with van der Waals surface area (Å²) in [5.74, 6) is 0.302. The van der Waals surface area contributed by atoms with Crippen molar-refractivity contribution in [2.24, 2.45) is 0 Å². The Hall–Kier alpha value is -1.88. The molecule has 0 spiro atoms. The molecular weight excluding hydrogens is 268 g/mol. The second-order valence-corrected chi connectivity index (χ2v) is 5.30. The van der Waals surface area contributed by atoms with E-state index in [0.29, 0.717) is 12.3 Å². The van der Waals surface area contributed by atoms with Crippen LogP contribution in [0, 0.1) is 10.1 Å². The average Bonchev–Trinajstić information content (AvgIpc) is 2.52. The Morgan fingerprint density at radius 3 is 2.90 bits per heavy atom. The molecule has 0 unspecified atom stereocenters. The van der Waals surface area contributed by atoms with Gasteiger partial charge in [0.1, 0.15) is 0 Å². The minimum atomic E-state index is -0.408. The summed E-state index contributed by atoms with van der Waals surface area (Å²) in [4.78, 5) is 10.6. The van der Waals surface area contributed by atoms with E-state index in [9.17, 15) is 10.1 Å². The van der Waals surface area contributed by atoms with E-state index >= 15 is 0 Å². The molecule has 0 amide bonds. The Labute approximate surface area is 125 Å². The summed E-state index contributed by atoms with van der Waals surface area (Å²) in [6.45, 7) is 1.55. The van der Waals surface area contributed by atoms with Crippen LogP contribution in [0.5, 0.6) is 5.75 Å². The lowest BCUT2D eigenvalue weighted by Gasteiger charge is -2.13. The molecule has 1 aromatic carbocycles. The number of ether oxygens (including phenoxy) is 1. The van der Waals surface area contributed by atoms with Gasteiger partial charge < -0.3 is 10.1 Å². The highest BCUT2D eigenvalue weighted by Gasteiger charge is 2.14. The zero-order valence-electron chi connectivity index (χ0n) is 12.4. The number of hydrogen-bond acceptors (Lipinski definition) is 4. The predicted molar refractivity (Wildman–Crippen MR) is 82.5 cm³/mol. The van der Waals surface area contributed by atoms with Crippen molar-refractivity contribution in [1.29, 1.82) is 0 Å². The third-order valence-electron chi connectivity index (χ3n) is 3.78. The second-order valence-electron chi connectivity index (χ2n) is 5.30. The van der Waals surface area contributed by atoms with Crippen molar-refractivity contribution in [2.45, 2.75) is 38.6 Å². The van der Waals surface area contributed by atoms with Crippen molar-refractivity contribution in [3.8, 4) is 5.75 Å². The summed E-state index contributed by atoms with van der Waals surface area (Å²) in [7, 11) is 1.44. The van der Waals surface area contributed by atoms with Crippen LogP contribution in [0.4, 0.5) is 5.69 Å². The van der Waals surface area contributed by atoms with Gasteiger partial charge in [0.2, 0.25) is 0 Å². The smallest absolute Gasteiger partial charge is 0.311 e. The SMILES string of the molecule is COc1ccc(CNCCC2=CCCCC2)cc1[N+](=O)[O-]. The molecule has 5 nitrogen and oxygen atoms in total. The molecule has 0 saturated heterocycles. The molecular formula is C16H22N2O3. The highest BCUT2D eigenvalue weighted by atomic mass is 16.6. The zero-order valence-corrected chi connectivity index (χ0v) is 12.4. The van der Waals surface area contributed by atoms with Gasteiger partial charge in [-0.2, -0.15) is 0 Å². The fraction of sp³-hybridized carbons (Fsp3) is 0.500. The summed E-state index contributed by atoms with van der Waals surface area (Å²) in [5.41, 5.74) is 2.46. The van der Waals surface area contributed by atoms with Gasteiger partial charge in [-0.05, 0) is 50.3 Å². The maximum absolute atomic E-state index is 11.0. The molecule has 21 heavy (non-hydrogen) atoms. The van der Waals surface area contributed by atoms with Crippen molar-refractivity contribution >= 4 is 5.69 Å². The number of nitro groups is 1. The fourth-order valence-corrected chi connectivity index (χ4v) is 2.60. The average molecular weight is 290 g/mol. The number of allylic oxidation sites excluding steroid dienone is 1. The molecule has 0 aromatic heterocycles. The standard InChI is InChI=1S/C16H22N2O3/c1-21-16-8-7-14(11-15(16)18(19)20)12-17-10-9-13-5-3-2-4-6-13/h5,7-8,11,17H,2-4,6,9-10,12H2,1H3. The van der Waals surface area contributed by atoms with Crippen LogP contribution in [0.1, 0.15) is 37.7 Å². The number of methoxy groups -OCH3 is 1. The molecule has 0 fully saturated rings. The molecule has 0 bridgehead atoms. The molecule has 0 radical (unpaired) electrons. The van der Waals surface area contributed by atoms with Crippen molar-refractivity contribution < 1.29 is 9.66 Å². The van der Waals surface area contributed by atoms with Crippen molar-refractivity contribution in [2.75, 3.05) is 13.7 Å². The van der Waals surface area contributed by atoms with E-state index in [1.165, 1.54) is 38.4 Å². The third kappa shape index (κ3) is 4.56. The van der Waals surface area contributed by atoms with Gasteiger partial charge in [-0.3, -0.25) is 10.1 Å². The van der Waals surface area contributed by atoms with Gasteiger partial charge in [-0.25, -0.2) is 0 Å². The number of nitrogens with one attached hydrogen (secondary N) is 1. The molecule has 0 heterocycles. The minimum absolute atomic E-state index is 0.0202. The Balaban J connectivity index is 1.84. The van der Waals surface area contributed by atoms with E-state index in [4.69, 9.17) is 4.74 Å². The largest absolute Gasteiger partial charge is 0.490 e. The summed E-state index contributed by atoms with van der Waals surface area (Å²) < 4.78 is 5.00. The quantitative estimate of drug-likeness (QED) is 0.361. The van der Waals surface area contributed by atoms with Crippen LogP contribution in [-0.2, 0) is 6.54 Å². The molecule has 1 aliphatic rings. The molecule has 1 N–H and O–H groups in total. The first-order valence-electron chi connectivity index (χ1n) is 7.40. The lowest BCUT2D eigenvalue weighted by Crippen LogP contribution is -2.15. The van der Waals surface area contributed by atoms with Crippen LogP contribution in [0.25, 0.3) is 0 Å². The minimum Gasteiger partial charge on any atom is -0.490 e. The first kappa shape index (κ1) is 15.5. The monoisotopic (exact) mass is 290 g/mol. The first-order chi connectivity index (χ1) is 10.2. The lowest BCUT2D eigenvalue weighted by atomic mass is 9.97. The van der Waals surface area contributed by atoms with Crippen molar-refractivity contribution in [3.63, 3.8) is 0 Å². The Morgan fingerprint density at radius 1 is 1.38 bits per heavy atom. The highest BCUT2D eigenvalue weighted by Crippen LogP contribution is 2.27. The van der Waals surface area contributed by atoms with Crippen LogP contribution in [0.2, 0.25) is 0 Å². The number of benzene rings is 1. The van der Waals surface area contributed by atoms with Crippen LogP contribution >= 0.6 is 0 Å². The van der Waals surface area contributed by atoms with Gasteiger partial charge in [0.25, 0.3) is 0 Å². The summed E-state index contributed by atoms with van der Waals surface area (Å²) in [6.07, 6.45) is 8.46. The van der Waals surface area contributed by atoms with Gasteiger partial charge >= 0.3 is 5.69 Å². The summed E-state index contributed by atoms with van der Waals surface area (Å²) in [5, 5.41) is 14.3. The Kier molecular flexibility index (Phi) is 5.75. The summed E-state index contributed by atoms with van der Waals surface area (Å²) >= 11 is 0. The Bertz CT molecular complexity index is 526. The topological polar surface area (TPSA) is 64.4 Å². The molecule has 1 aromatic rings. The fourth-order valence-electron chi connectivity index (χ4n) is 2.60. The van der Waals surface area contributed by atoms with Crippen LogP contribution in [0.3, 0.4) is 0 Å². The molecule has 5 heteroatoms. The lowest BCUT2D eigenvalue weighted by molar-refractivity contribution is -0.385. The number of nitro benzene ring substituents is 1. The maximum atomic E-state index is 11.0. The molecule has 114 valence electrons. The molecule has 2 rings (SSSR count). The predicted octanol–water partition coefficient (Wildman–Crippen LogP) is 3.58. The zero-order chi connectivity index (χ0) is 15.1. The first-order valence-corrected chi connectivity index (χ1v) is 7.40. The third-order valence-corrected chi connectivity index (χ3v) is 3.78. The van der Waals surface area contributed by atoms with E-state index < -0.39 is 4.92 Å². The normalized spacial score (nSPS) is 14.6. The van der Waals surface area contributed by atoms with E-state index in [1.54, 1.807) is 12.1 Å². The van der Waals surface area contributed by atoms with Gasteiger partial charge in [-0.15, -0.1) is 0 Å². The van der Waals surface area contributed by atoms with E-state index in [-0.39, 0.29) is 5.69 Å². The van der Waals surface area contributed by atoms with Gasteiger partial charge in [-0.1, -0.05) is 17.7 Å². The number of hydrogen-bond donors (Lipinski definition) is 1. The number of rotatable bonds is 7. The van der Waals surface area contributed by atoms with E-state index in [2.05, 4.69) is 11.4 Å². The number of nitrogens with zero attached hydrogens (tertiary/aromatic N) is 1. The molecule has 0 atom stereocenters. The van der Waals surface area contributed by atoms with Crippen LogP contribution < -0.4 is 10.1 Å². The second kappa shape index (κ2) is 7.78. The maximum Gasteiger partial charge on any atom is 0.311 e. The highest BCUT2D eigenvalue weighted by molar-refractivity contribution is 5.48. The van der Waals surface area contributed by atoms with Crippen molar-refractivity contribution in [1.82, 2.24) is 5.32 Å². The molecule has 0 aliphatic heterocycles. The van der Waals surface area contributed by atoms with E-state index in [0.717, 1.165) is 18.5 Å². The van der Waals surface area contributed by atoms with Gasteiger partial charge in [0, 0.05) is 12.6 Å². The van der Waals surface area contributed by atoms with E-state index in [1.807, 2.05) is 6.07 Å². The Morgan fingerprint density at radius 2 is 2.24 bits per heavy atom. The van der Waals surface area contributed by atoms with Gasteiger partial charge in [0.15, 0.2) is 5.75 Å². The molecule has 0 saturated carbocycles. The van der Waals surface area contributed by atoms with Gasteiger partial charge in [0.05, 0.1) is 12.0 Å². The van der Waals surface area contributed by atoms with Crippen molar-refractivity contribution in [3.05, 3.63) is 45.5 Å².